The Hall–Kier alpha value is -3.11. The number of amides is 2. The molecule has 11 heteroatoms. The van der Waals surface area contributed by atoms with Crippen LogP contribution >= 0.6 is 0 Å². The summed E-state index contributed by atoms with van der Waals surface area (Å²) in [4.78, 5) is 11.6. The zero-order valence-corrected chi connectivity index (χ0v) is 13.1. The first kappa shape index (κ1) is 20.2. The van der Waals surface area contributed by atoms with Gasteiger partial charge in [-0.05, 0) is 35.9 Å². The number of hydrogen-bond acceptors (Lipinski definition) is 2. The minimum atomic E-state index is -5.03. The molecule has 27 heavy (non-hydrogen) atoms. The zero-order chi connectivity index (χ0) is 20.2. The van der Waals surface area contributed by atoms with Crippen LogP contribution < -0.4 is 10.7 Å². The number of anilines is 1. The Bertz CT molecular complexity index is 810. The van der Waals surface area contributed by atoms with E-state index in [4.69, 9.17) is 0 Å². The number of benzene rings is 2. The van der Waals surface area contributed by atoms with Crippen molar-refractivity contribution in [2.24, 2.45) is 5.10 Å². The normalized spacial score (nSPS) is 12.3. The molecule has 2 aromatic rings. The molecular formula is C16H10F7N3O. The summed E-state index contributed by atoms with van der Waals surface area (Å²) in [5, 5.41) is 5.29. The number of nitrogens with one attached hydrogen (secondary N) is 2. The van der Waals surface area contributed by atoms with Gasteiger partial charge in [0.15, 0.2) is 0 Å². The maximum absolute atomic E-state index is 12.7. The molecule has 144 valence electrons. The third-order valence-electron chi connectivity index (χ3n) is 3.10. The minimum Gasteiger partial charge on any atom is -0.306 e. The lowest BCUT2D eigenvalue weighted by atomic mass is 10.1. The first-order valence-corrected chi connectivity index (χ1v) is 7.10. The molecule has 0 heterocycles. The third kappa shape index (κ3) is 5.97. The summed E-state index contributed by atoms with van der Waals surface area (Å²) in [6.07, 6.45) is -8.96. The molecule has 2 rings (SSSR count). The highest BCUT2D eigenvalue weighted by Gasteiger charge is 2.37. The van der Waals surface area contributed by atoms with E-state index in [1.807, 2.05) is 10.7 Å². The van der Waals surface area contributed by atoms with Crippen LogP contribution in [0.3, 0.4) is 0 Å². The second kappa shape index (κ2) is 7.64. The Morgan fingerprint density at radius 2 is 1.41 bits per heavy atom. The van der Waals surface area contributed by atoms with E-state index in [0.29, 0.717) is 17.7 Å². The predicted octanol–water partition coefficient (Wildman–Crippen LogP) is 5.02. The van der Waals surface area contributed by atoms with Crippen LogP contribution in [-0.4, -0.2) is 12.2 Å². The number of carbonyl (C=O) groups is 1. The van der Waals surface area contributed by atoms with Gasteiger partial charge in [-0.25, -0.2) is 14.6 Å². The Balaban J connectivity index is 2.13. The van der Waals surface area contributed by atoms with E-state index in [9.17, 15) is 35.5 Å². The summed E-state index contributed by atoms with van der Waals surface area (Å²) in [5.41, 5.74) is -1.58. The first-order valence-electron chi connectivity index (χ1n) is 7.10. The van der Waals surface area contributed by atoms with Crippen molar-refractivity contribution in [1.82, 2.24) is 5.43 Å². The topological polar surface area (TPSA) is 53.5 Å². The van der Waals surface area contributed by atoms with Crippen molar-refractivity contribution >= 4 is 17.9 Å². The van der Waals surface area contributed by atoms with Gasteiger partial charge in [0.1, 0.15) is 5.82 Å². The van der Waals surface area contributed by atoms with Gasteiger partial charge in [-0.15, -0.1) is 0 Å². The van der Waals surface area contributed by atoms with E-state index >= 15 is 0 Å². The molecule has 0 aliphatic heterocycles. The summed E-state index contributed by atoms with van der Waals surface area (Å²) in [7, 11) is 0. The van der Waals surface area contributed by atoms with E-state index in [1.54, 1.807) is 0 Å². The lowest BCUT2D eigenvalue weighted by molar-refractivity contribution is -0.143. The molecule has 2 N–H and O–H groups in total. The summed E-state index contributed by atoms with van der Waals surface area (Å²) >= 11 is 0. The van der Waals surface area contributed by atoms with E-state index < -0.39 is 41.0 Å². The maximum Gasteiger partial charge on any atom is 0.416 e. The molecule has 0 aliphatic rings. The highest BCUT2D eigenvalue weighted by molar-refractivity contribution is 5.90. The van der Waals surface area contributed by atoms with E-state index in [2.05, 4.69) is 5.10 Å². The molecule has 2 amide bonds. The van der Waals surface area contributed by atoms with Gasteiger partial charge in [0.2, 0.25) is 0 Å². The number of carbonyl (C=O) groups excluding carboxylic acids is 1. The van der Waals surface area contributed by atoms with Gasteiger partial charge in [0.25, 0.3) is 0 Å². The van der Waals surface area contributed by atoms with Crippen molar-refractivity contribution < 1.29 is 35.5 Å². The zero-order valence-electron chi connectivity index (χ0n) is 13.1. The van der Waals surface area contributed by atoms with Crippen molar-refractivity contribution in [3.8, 4) is 0 Å². The van der Waals surface area contributed by atoms with Crippen LogP contribution in [0.15, 0.2) is 47.6 Å². The van der Waals surface area contributed by atoms with Crippen molar-refractivity contribution in [2.75, 3.05) is 5.32 Å². The van der Waals surface area contributed by atoms with Gasteiger partial charge in [0.05, 0.1) is 17.3 Å². The molecule has 0 unspecified atom stereocenters. The molecule has 4 nitrogen and oxygen atoms in total. The van der Waals surface area contributed by atoms with Crippen LogP contribution in [0.25, 0.3) is 0 Å². The molecular weight excluding hydrogens is 383 g/mol. The Morgan fingerprint density at radius 1 is 0.889 bits per heavy atom. The lowest BCUT2D eigenvalue weighted by Gasteiger charge is -2.14. The highest BCUT2D eigenvalue weighted by atomic mass is 19.4. The average Bonchev–Trinajstić information content (AvgIpc) is 2.55. The van der Waals surface area contributed by atoms with Gasteiger partial charge in [-0.2, -0.15) is 31.4 Å². The van der Waals surface area contributed by atoms with Crippen LogP contribution in [-0.2, 0) is 12.4 Å². The first-order chi connectivity index (χ1) is 12.4. The fourth-order valence-corrected chi connectivity index (χ4v) is 1.90. The van der Waals surface area contributed by atoms with Crippen LogP contribution in [0.4, 0.5) is 41.2 Å². The molecule has 0 aliphatic carbocycles. The SMILES string of the molecule is O=C(N/N=C/c1ccc(F)cc1)Nc1cc(C(F)(F)F)cc(C(F)(F)F)c1. The Kier molecular flexibility index (Phi) is 5.72. The second-order valence-corrected chi connectivity index (χ2v) is 5.17. The Labute approximate surface area is 147 Å². The number of halogens is 7. The minimum absolute atomic E-state index is 0.0598. The number of rotatable bonds is 3. The maximum atomic E-state index is 12.7. The van der Waals surface area contributed by atoms with Crippen molar-refractivity contribution in [3.05, 3.63) is 65.0 Å². The summed E-state index contributed by atoms with van der Waals surface area (Å²) in [6, 6.07) is 4.42. The molecule has 0 saturated heterocycles. The summed E-state index contributed by atoms with van der Waals surface area (Å²) in [6.45, 7) is 0. The van der Waals surface area contributed by atoms with Gasteiger partial charge in [-0.1, -0.05) is 12.1 Å². The van der Waals surface area contributed by atoms with Crippen molar-refractivity contribution in [3.63, 3.8) is 0 Å². The fraction of sp³-hybridized carbons (Fsp3) is 0.125. The van der Waals surface area contributed by atoms with Crippen molar-refractivity contribution in [1.29, 1.82) is 0 Å². The largest absolute Gasteiger partial charge is 0.416 e. The summed E-state index contributed by atoms with van der Waals surface area (Å²) < 4.78 is 89.2. The Morgan fingerprint density at radius 3 is 1.89 bits per heavy atom. The number of nitrogens with zero attached hydrogens (tertiary/aromatic N) is 1. The second-order valence-electron chi connectivity index (χ2n) is 5.17. The fourth-order valence-electron chi connectivity index (χ4n) is 1.90. The van der Waals surface area contributed by atoms with E-state index in [1.165, 1.54) is 12.1 Å². The number of urea groups is 1. The highest BCUT2D eigenvalue weighted by Crippen LogP contribution is 2.37. The van der Waals surface area contributed by atoms with Gasteiger partial charge in [-0.3, -0.25) is 0 Å². The number of hydrogen-bond donors (Lipinski definition) is 2. The van der Waals surface area contributed by atoms with Crippen LogP contribution in [0.1, 0.15) is 16.7 Å². The quantitative estimate of drug-likeness (QED) is 0.430. The molecule has 0 bridgehead atoms. The molecule has 2 aromatic carbocycles. The molecule has 0 fully saturated rings. The predicted molar refractivity (Wildman–Crippen MR) is 82.6 cm³/mol. The molecule has 0 saturated carbocycles. The lowest BCUT2D eigenvalue weighted by Crippen LogP contribution is -2.25. The monoisotopic (exact) mass is 393 g/mol. The van der Waals surface area contributed by atoms with E-state index in [-0.39, 0.29) is 6.07 Å². The standard InChI is InChI=1S/C16H10F7N3O/c17-12-3-1-9(2-4-12)8-24-26-14(27)25-13-6-10(15(18,19)20)5-11(7-13)16(21,22)23/h1-8H,(H2,25,26,27)/b24-8+. The van der Waals surface area contributed by atoms with Crippen LogP contribution in [0.5, 0.6) is 0 Å². The molecule has 0 aromatic heterocycles. The van der Waals surface area contributed by atoms with Gasteiger partial charge in [0, 0.05) is 5.69 Å². The molecule has 0 atom stereocenters. The molecule has 0 radical (unpaired) electrons. The van der Waals surface area contributed by atoms with Crippen molar-refractivity contribution in [2.45, 2.75) is 12.4 Å². The van der Waals surface area contributed by atoms with E-state index in [0.717, 1.165) is 18.3 Å². The average molecular weight is 393 g/mol. The smallest absolute Gasteiger partial charge is 0.306 e. The summed E-state index contributed by atoms with van der Waals surface area (Å²) in [5.74, 6) is -0.497. The number of alkyl halides is 6. The molecule has 0 spiro atoms. The van der Waals surface area contributed by atoms with Gasteiger partial charge < -0.3 is 5.32 Å². The number of hydrazone groups is 1. The van der Waals surface area contributed by atoms with Crippen LogP contribution in [0, 0.1) is 5.82 Å². The third-order valence-corrected chi connectivity index (χ3v) is 3.10. The van der Waals surface area contributed by atoms with Crippen LogP contribution in [0.2, 0.25) is 0 Å². The van der Waals surface area contributed by atoms with Gasteiger partial charge >= 0.3 is 18.4 Å².